The number of aromatic nitrogens is 2. The fraction of sp³-hybridized carbons (Fsp3) is 0.167. The topological polar surface area (TPSA) is 94.6 Å². The van der Waals surface area contributed by atoms with Crippen molar-refractivity contribution >= 4 is 5.97 Å². The summed E-state index contributed by atoms with van der Waals surface area (Å²) in [6.07, 6.45) is 0. The molecule has 0 aliphatic heterocycles. The summed E-state index contributed by atoms with van der Waals surface area (Å²) >= 11 is 0. The fourth-order valence-corrected chi connectivity index (χ4v) is 2.45. The van der Waals surface area contributed by atoms with Gasteiger partial charge in [0.05, 0.1) is 12.3 Å². The third kappa shape index (κ3) is 3.16. The van der Waals surface area contributed by atoms with Gasteiger partial charge in [-0.1, -0.05) is 18.2 Å². The van der Waals surface area contributed by atoms with Gasteiger partial charge in [-0.15, -0.1) is 0 Å². The van der Waals surface area contributed by atoms with E-state index in [1.54, 1.807) is 38.1 Å². The number of carbonyl (C=O) groups is 1. The van der Waals surface area contributed by atoms with Crippen molar-refractivity contribution in [2.75, 3.05) is 6.61 Å². The number of para-hydroxylation sites is 1. The van der Waals surface area contributed by atoms with Crippen LogP contribution >= 0.6 is 0 Å². The lowest BCUT2D eigenvalue weighted by Gasteiger charge is -2.06. The van der Waals surface area contributed by atoms with Gasteiger partial charge >= 0.3 is 11.6 Å². The largest absolute Gasteiger partial charge is 0.507 e. The Bertz CT molecular complexity index is 973. The first-order valence-corrected chi connectivity index (χ1v) is 7.68. The first-order chi connectivity index (χ1) is 12.0. The second kappa shape index (κ2) is 6.64. The van der Waals surface area contributed by atoms with Crippen molar-refractivity contribution in [1.29, 1.82) is 0 Å². The van der Waals surface area contributed by atoms with Crippen LogP contribution in [0.25, 0.3) is 16.9 Å². The van der Waals surface area contributed by atoms with E-state index < -0.39 is 11.6 Å². The van der Waals surface area contributed by atoms with Crippen LogP contribution in [0.4, 0.5) is 0 Å². The molecule has 0 saturated heterocycles. The number of ether oxygens (including phenoxy) is 1. The molecule has 0 fully saturated rings. The highest BCUT2D eigenvalue weighted by molar-refractivity contribution is 5.90. The minimum atomic E-state index is -0.731. The van der Waals surface area contributed by atoms with Crippen LogP contribution < -0.4 is 5.63 Å². The molecule has 7 heteroatoms. The molecular weight excluding hydrogens is 324 g/mol. The van der Waals surface area contributed by atoms with Crippen LogP contribution in [0.2, 0.25) is 0 Å². The second-order valence-corrected chi connectivity index (χ2v) is 5.29. The van der Waals surface area contributed by atoms with E-state index >= 15 is 0 Å². The normalized spacial score (nSPS) is 10.6. The first kappa shape index (κ1) is 16.5. The summed E-state index contributed by atoms with van der Waals surface area (Å²) in [5, 5.41) is 14.4. The molecule has 3 rings (SSSR count). The molecule has 0 spiro atoms. The van der Waals surface area contributed by atoms with Gasteiger partial charge in [-0.25, -0.2) is 14.3 Å². The van der Waals surface area contributed by atoms with Crippen LogP contribution in [0.3, 0.4) is 0 Å². The molecule has 2 heterocycles. The number of carbonyl (C=O) groups excluding carboxylic acids is 1. The zero-order valence-corrected chi connectivity index (χ0v) is 13.7. The lowest BCUT2D eigenvalue weighted by molar-refractivity contribution is 0.0515. The zero-order valence-electron chi connectivity index (χ0n) is 13.7. The van der Waals surface area contributed by atoms with E-state index in [4.69, 9.17) is 9.15 Å². The SMILES string of the molecule is CCOC(=O)c1cc(-c2c(O)cc(C)oc2=O)nn1-c1ccccc1. The van der Waals surface area contributed by atoms with Crippen molar-refractivity contribution in [1.82, 2.24) is 9.78 Å². The number of nitrogens with zero attached hydrogens (tertiary/aromatic N) is 2. The van der Waals surface area contributed by atoms with E-state index in [0.29, 0.717) is 5.69 Å². The molecule has 0 atom stereocenters. The molecular formula is C18H16N2O5. The average molecular weight is 340 g/mol. The average Bonchev–Trinajstić information content (AvgIpc) is 3.00. The van der Waals surface area contributed by atoms with Crippen molar-refractivity contribution in [3.05, 3.63) is 64.3 Å². The number of rotatable bonds is 4. The van der Waals surface area contributed by atoms with Gasteiger partial charge in [-0.3, -0.25) is 0 Å². The lowest BCUT2D eigenvalue weighted by atomic mass is 10.2. The Kier molecular flexibility index (Phi) is 4.38. The molecule has 0 saturated carbocycles. The van der Waals surface area contributed by atoms with Crippen LogP contribution in [0.5, 0.6) is 5.75 Å². The smallest absolute Gasteiger partial charge is 0.357 e. The number of aryl methyl sites for hydroxylation is 1. The lowest BCUT2D eigenvalue weighted by Crippen LogP contribution is -2.11. The van der Waals surface area contributed by atoms with Crippen LogP contribution in [-0.4, -0.2) is 27.5 Å². The number of hydrogen-bond acceptors (Lipinski definition) is 6. The Morgan fingerprint density at radius 2 is 2.00 bits per heavy atom. The molecule has 0 amide bonds. The van der Waals surface area contributed by atoms with E-state index in [2.05, 4.69) is 5.10 Å². The summed E-state index contributed by atoms with van der Waals surface area (Å²) < 4.78 is 11.4. The Labute approximate surface area is 143 Å². The zero-order chi connectivity index (χ0) is 18.0. The number of esters is 1. The maximum Gasteiger partial charge on any atom is 0.357 e. The summed E-state index contributed by atoms with van der Waals surface area (Å²) in [5.74, 6) is -0.567. The van der Waals surface area contributed by atoms with Gasteiger partial charge in [0.2, 0.25) is 0 Å². The van der Waals surface area contributed by atoms with Crippen molar-refractivity contribution in [3.63, 3.8) is 0 Å². The molecule has 0 bridgehead atoms. The van der Waals surface area contributed by atoms with E-state index in [1.807, 2.05) is 6.07 Å². The van der Waals surface area contributed by atoms with Crippen molar-refractivity contribution in [3.8, 4) is 22.7 Å². The predicted molar refractivity (Wildman–Crippen MR) is 89.9 cm³/mol. The molecule has 1 N–H and O–H groups in total. The van der Waals surface area contributed by atoms with Crippen LogP contribution in [-0.2, 0) is 4.74 Å². The van der Waals surface area contributed by atoms with Crippen LogP contribution in [0.1, 0.15) is 23.2 Å². The minimum absolute atomic E-state index is 0.106. The highest BCUT2D eigenvalue weighted by Gasteiger charge is 2.22. The Hall–Kier alpha value is -3.35. The predicted octanol–water partition coefficient (Wildman–Crippen LogP) is 2.68. The third-order valence-corrected chi connectivity index (χ3v) is 3.50. The maximum absolute atomic E-state index is 12.3. The van der Waals surface area contributed by atoms with Gasteiger partial charge in [-0.2, -0.15) is 5.10 Å². The first-order valence-electron chi connectivity index (χ1n) is 7.68. The summed E-state index contributed by atoms with van der Waals surface area (Å²) in [6.45, 7) is 3.45. The summed E-state index contributed by atoms with van der Waals surface area (Å²) in [7, 11) is 0. The van der Waals surface area contributed by atoms with E-state index in [-0.39, 0.29) is 35.1 Å². The highest BCUT2D eigenvalue weighted by Crippen LogP contribution is 2.27. The standard InChI is InChI=1S/C18H16N2O5/c1-3-24-17(22)14-10-13(16-15(21)9-11(2)25-18(16)23)19-20(14)12-7-5-4-6-8-12/h4-10,21H,3H2,1-2H3. The highest BCUT2D eigenvalue weighted by atomic mass is 16.5. The Morgan fingerprint density at radius 1 is 1.28 bits per heavy atom. The molecule has 7 nitrogen and oxygen atoms in total. The van der Waals surface area contributed by atoms with Gasteiger partial charge in [0.25, 0.3) is 0 Å². The monoisotopic (exact) mass is 340 g/mol. The van der Waals surface area contributed by atoms with Gasteiger partial charge in [0.15, 0.2) is 5.69 Å². The molecule has 0 unspecified atom stereocenters. The Morgan fingerprint density at radius 3 is 2.64 bits per heavy atom. The van der Waals surface area contributed by atoms with E-state index in [0.717, 1.165) is 0 Å². The Balaban J connectivity index is 2.21. The molecule has 0 radical (unpaired) electrons. The van der Waals surface area contributed by atoms with Gasteiger partial charge in [0.1, 0.15) is 22.8 Å². The van der Waals surface area contributed by atoms with Crippen molar-refractivity contribution < 1.29 is 19.1 Å². The molecule has 0 aliphatic rings. The van der Waals surface area contributed by atoms with Crippen molar-refractivity contribution in [2.24, 2.45) is 0 Å². The third-order valence-electron chi connectivity index (χ3n) is 3.50. The maximum atomic E-state index is 12.3. The minimum Gasteiger partial charge on any atom is -0.507 e. The molecule has 0 aliphatic carbocycles. The molecule has 128 valence electrons. The van der Waals surface area contributed by atoms with Crippen LogP contribution in [0, 0.1) is 6.92 Å². The van der Waals surface area contributed by atoms with E-state index in [9.17, 15) is 14.7 Å². The molecule has 25 heavy (non-hydrogen) atoms. The fourth-order valence-electron chi connectivity index (χ4n) is 2.45. The number of hydrogen-bond donors (Lipinski definition) is 1. The number of aromatic hydroxyl groups is 1. The molecule has 3 aromatic rings. The summed E-state index contributed by atoms with van der Waals surface area (Å²) in [5.41, 5.74) is 0.0461. The van der Waals surface area contributed by atoms with Gasteiger partial charge in [0, 0.05) is 6.07 Å². The quantitative estimate of drug-likeness (QED) is 0.734. The van der Waals surface area contributed by atoms with Gasteiger partial charge in [-0.05, 0) is 32.0 Å². The van der Waals surface area contributed by atoms with Crippen molar-refractivity contribution in [2.45, 2.75) is 13.8 Å². The molecule has 1 aromatic carbocycles. The van der Waals surface area contributed by atoms with Crippen LogP contribution in [0.15, 0.2) is 51.7 Å². The number of benzene rings is 1. The summed E-state index contributed by atoms with van der Waals surface area (Å²) in [6, 6.07) is 11.7. The summed E-state index contributed by atoms with van der Waals surface area (Å²) in [4.78, 5) is 24.4. The second-order valence-electron chi connectivity index (χ2n) is 5.29. The van der Waals surface area contributed by atoms with Gasteiger partial charge < -0.3 is 14.3 Å². The molecule has 2 aromatic heterocycles. The van der Waals surface area contributed by atoms with E-state index in [1.165, 1.54) is 16.8 Å².